The molecule has 0 unspecified atom stereocenters. The van der Waals surface area contributed by atoms with Crippen molar-refractivity contribution in [2.75, 3.05) is 6.26 Å². The molecule has 2 aliphatic rings. The molecule has 3 aromatic rings. The van der Waals surface area contributed by atoms with Crippen molar-refractivity contribution in [2.45, 2.75) is 42.7 Å². The first-order valence-electron chi connectivity index (χ1n) is 10.2. The van der Waals surface area contributed by atoms with Gasteiger partial charge in [-0.05, 0) is 54.8 Å². The lowest BCUT2D eigenvalue weighted by atomic mass is 9.98. The first-order chi connectivity index (χ1) is 14.8. The van der Waals surface area contributed by atoms with Gasteiger partial charge in [-0.2, -0.15) is 5.10 Å². The fraction of sp³-hybridized carbons (Fsp3) is 0.304. The van der Waals surface area contributed by atoms with Gasteiger partial charge in [0.15, 0.2) is 9.84 Å². The van der Waals surface area contributed by atoms with Gasteiger partial charge >= 0.3 is 0 Å². The Morgan fingerprint density at radius 1 is 1.16 bits per heavy atom. The molecule has 1 saturated heterocycles. The fourth-order valence-electron chi connectivity index (χ4n) is 4.83. The van der Waals surface area contributed by atoms with E-state index in [0.717, 1.165) is 29.8 Å². The van der Waals surface area contributed by atoms with Gasteiger partial charge in [-0.25, -0.2) is 17.5 Å². The van der Waals surface area contributed by atoms with Crippen LogP contribution in [0.5, 0.6) is 0 Å². The molecule has 0 spiro atoms. The van der Waals surface area contributed by atoms with Crippen LogP contribution in [0, 0.1) is 5.82 Å². The highest BCUT2D eigenvalue weighted by molar-refractivity contribution is 7.90. The minimum atomic E-state index is -3.26. The number of fused-ring (bicyclic) bond motifs is 4. The van der Waals surface area contributed by atoms with Crippen molar-refractivity contribution >= 4 is 15.7 Å². The third-order valence-corrected chi connectivity index (χ3v) is 7.36. The number of carbonyl (C=O) groups is 1. The maximum absolute atomic E-state index is 13.5. The molecule has 2 atom stereocenters. The van der Waals surface area contributed by atoms with Gasteiger partial charge in [0, 0.05) is 24.3 Å². The smallest absolute Gasteiger partial charge is 0.227 e. The van der Waals surface area contributed by atoms with Gasteiger partial charge in [0.1, 0.15) is 5.82 Å². The predicted octanol–water partition coefficient (Wildman–Crippen LogP) is 3.25. The van der Waals surface area contributed by atoms with E-state index in [9.17, 15) is 17.6 Å². The molecule has 3 heterocycles. The van der Waals surface area contributed by atoms with Crippen LogP contribution in [-0.4, -0.2) is 41.3 Å². The number of hydrogen-bond donors (Lipinski definition) is 0. The number of amides is 1. The van der Waals surface area contributed by atoms with Crippen molar-refractivity contribution in [3.8, 4) is 5.69 Å². The number of aromatic nitrogens is 2. The number of halogens is 1. The lowest BCUT2D eigenvalue weighted by Crippen LogP contribution is -2.42. The summed E-state index contributed by atoms with van der Waals surface area (Å²) in [6.45, 7) is 0. The van der Waals surface area contributed by atoms with Crippen molar-refractivity contribution in [3.05, 3.63) is 77.4 Å². The number of nitrogens with zero attached hydrogens (tertiary/aromatic N) is 3. The number of rotatable bonds is 4. The average Bonchev–Trinajstić information content (AvgIpc) is 3.29. The maximum atomic E-state index is 13.5. The fourth-order valence-corrected chi connectivity index (χ4v) is 5.46. The minimum absolute atomic E-state index is 0.00834. The van der Waals surface area contributed by atoms with Gasteiger partial charge in [0.05, 0.1) is 34.9 Å². The van der Waals surface area contributed by atoms with Crippen LogP contribution in [0.25, 0.3) is 5.69 Å². The zero-order valence-corrected chi connectivity index (χ0v) is 17.8. The lowest BCUT2D eigenvalue weighted by Gasteiger charge is -2.35. The van der Waals surface area contributed by atoms with Crippen molar-refractivity contribution < 1.29 is 17.6 Å². The van der Waals surface area contributed by atoms with Gasteiger partial charge in [-0.1, -0.05) is 12.1 Å². The van der Waals surface area contributed by atoms with Crippen LogP contribution in [0.2, 0.25) is 0 Å². The van der Waals surface area contributed by atoms with Gasteiger partial charge in [0.2, 0.25) is 5.91 Å². The molecule has 31 heavy (non-hydrogen) atoms. The van der Waals surface area contributed by atoms with Crippen LogP contribution < -0.4 is 0 Å². The normalized spacial score (nSPS) is 20.0. The quantitative estimate of drug-likeness (QED) is 0.626. The van der Waals surface area contributed by atoms with Crippen LogP contribution in [0.3, 0.4) is 0 Å². The number of benzene rings is 2. The molecular weight excluding hydrogens is 417 g/mol. The molecule has 1 amide bonds. The van der Waals surface area contributed by atoms with E-state index in [4.69, 9.17) is 0 Å². The van der Waals surface area contributed by atoms with Gasteiger partial charge < -0.3 is 4.90 Å². The van der Waals surface area contributed by atoms with Crippen LogP contribution in [0.15, 0.2) is 59.6 Å². The highest BCUT2D eigenvalue weighted by Crippen LogP contribution is 2.44. The van der Waals surface area contributed by atoms with E-state index in [-0.39, 0.29) is 35.1 Å². The summed E-state index contributed by atoms with van der Waals surface area (Å²) in [5.74, 6) is -0.327. The summed E-state index contributed by atoms with van der Waals surface area (Å²) < 4.78 is 38.8. The Bertz CT molecular complexity index is 1270. The van der Waals surface area contributed by atoms with Gasteiger partial charge in [-0.15, -0.1) is 0 Å². The molecule has 160 valence electrons. The summed E-state index contributed by atoms with van der Waals surface area (Å²) in [7, 11) is -3.26. The van der Waals surface area contributed by atoms with Crippen LogP contribution >= 0.6 is 0 Å². The van der Waals surface area contributed by atoms with Crippen molar-refractivity contribution in [3.63, 3.8) is 0 Å². The van der Waals surface area contributed by atoms with Crippen LogP contribution in [0.1, 0.15) is 35.7 Å². The zero-order chi connectivity index (χ0) is 21.8. The standard InChI is InChI=1S/C23H22FN3O3S/c1-31(29,30)19-8-5-17(6-9-19)27-22-13-18-7-10-21(20(22)14-25-27)26(18)23(28)12-15-3-2-4-16(24)11-15/h2-6,8-9,11,14,18,21H,7,10,12-13H2,1H3/t18-,21-/m1/s1. The Kier molecular flexibility index (Phi) is 4.69. The third kappa shape index (κ3) is 3.54. The van der Waals surface area contributed by atoms with Crippen molar-refractivity contribution in [1.82, 2.24) is 14.7 Å². The first-order valence-corrected chi connectivity index (χ1v) is 12.1. The molecule has 5 rings (SSSR count). The second-order valence-corrected chi connectivity index (χ2v) is 10.3. The molecular formula is C23H22FN3O3S. The van der Waals surface area contributed by atoms with Gasteiger partial charge in [0.25, 0.3) is 0 Å². The summed E-state index contributed by atoms with van der Waals surface area (Å²) in [6.07, 6.45) is 5.67. The molecule has 8 heteroatoms. The molecule has 2 bridgehead atoms. The largest absolute Gasteiger partial charge is 0.332 e. The summed E-state index contributed by atoms with van der Waals surface area (Å²) in [5, 5.41) is 4.55. The average molecular weight is 440 g/mol. The van der Waals surface area contributed by atoms with E-state index in [2.05, 4.69) is 5.10 Å². The van der Waals surface area contributed by atoms with E-state index in [1.807, 2.05) is 15.8 Å². The SMILES string of the molecule is CS(=O)(=O)c1ccc(-n2ncc3c2C[C@H]2CC[C@H]3N2C(=O)Cc2cccc(F)c2)cc1. The number of sulfone groups is 1. The molecule has 0 N–H and O–H groups in total. The Morgan fingerprint density at radius 2 is 1.94 bits per heavy atom. The Labute approximate surface area is 180 Å². The Hall–Kier alpha value is -3.00. The Morgan fingerprint density at radius 3 is 2.65 bits per heavy atom. The molecule has 0 radical (unpaired) electrons. The zero-order valence-electron chi connectivity index (χ0n) is 17.0. The van der Waals surface area contributed by atoms with Crippen molar-refractivity contribution in [1.29, 1.82) is 0 Å². The van der Waals surface area contributed by atoms with Gasteiger partial charge in [-0.3, -0.25) is 4.79 Å². The topological polar surface area (TPSA) is 72.3 Å². The molecule has 2 aliphatic heterocycles. The maximum Gasteiger partial charge on any atom is 0.227 e. The summed E-state index contributed by atoms with van der Waals surface area (Å²) in [4.78, 5) is 15.3. The van der Waals surface area contributed by atoms with E-state index in [1.54, 1.807) is 36.4 Å². The number of carbonyl (C=O) groups excluding carboxylic acids is 1. The first kappa shape index (κ1) is 19.9. The van der Waals surface area contributed by atoms with Crippen molar-refractivity contribution in [2.24, 2.45) is 0 Å². The van der Waals surface area contributed by atoms with Crippen LogP contribution in [0.4, 0.5) is 4.39 Å². The second-order valence-electron chi connectivity index (χ2n) is 8.28. The molecule has 1 aromatic heterocycles. The predicted molar refractivity (Wildman–Crippen MR) is 113 cm³/mol. The highest BCUT2D eigenvalue weighted by Gasteiger charge is 2.44. The number of hydrogen-bond acceptors (Lipinski definition) is 4. The summed E-state index contributed by atoms with van der Waals surface area (Å²) >= 11 is 0. The second kappa shape index (κ2) is 7.30. The summed E-state index contributed by atoms with van der Waals surface area (Å²) in [6, 6.07) is 12.9. The lowest BCUT2D eigenvalue weighted by molar-refractivity contribution is -0.134. The molecule has 2 aromatic carbocycles. The Balaban J connectivity index is 1.42. The molecule has 0 saturated carbocycles. The van der Waals surface area contributed by atoms with E-state index < -0.39 is 9.84 Å². The molecule has 1 fully saturated rings. The monoisotopic (exact) mass is 439 g/mol. The highest BCUT2D eigenvalue weighted by atomic mass is 32.2. The third-order valence-electron chi connectivity index (χ3n) is 6.23. The summed E-state index contributed by atoms with van der Waals surface area (Å²) in [5.41, 5.74) is 3.58. The minimum Gasteiger partial charge on any atom is -0.332 e. The van der Waals surface area contributed by atoms with E-state index in [1.165, 1.54) is 18.4 Å². The van der Waals surface area contributed by atoms with E-state index in [0.29, 0.717) is 12.0 Å². The van der Waals surface area contributed by atoms with E-state index >= 15 is 0 Å². The molecule has 0 aliphatic carbocycles. The van der Waals surface area contributed by atoms with Crippen LogP contribution in [-0.2, 0) is 27.5 Å². The molecule has 6 nitrogen and oxygen atoms in total.